The first-order valence-corrected chi connectivity index (χ1v) is 8.25. The Balaban J connectivity index is 1.89. The van der Waals surface area contributed by atoms with E-state index in [0.29, 0.717) is 12.8 Å². The zero-order chi connectivity index (χ0) is 15.0. The number of piperazine rings is 1. The summed E-state index contributed by atoms with van der Waals surface area (Å²) in [7, 11) is 2.10. The van der Waals surface area contributed by atoms with Crippen molar-refractivity contribution >= 4 is 21.9 Å². The molecule has 1 N–H and O–H groups in total. The molecule has 0 saturated carbocycles. The van der Waals surface area contributed by atoms with Crippen LogP contribution in [0.3, 0.4) is 0 Å². The standard InChI is InChI=1S/C16H21BrN2O2/c1-18-6-8-19(9-7-18)16(15(20)21)5-4-12-10-14(17)3-2-13(12)11-16/h2-3,10H,4-9,11H2,1H3,(H,20,21). The number of fused-ring (bicyclic) bond motifs is 1. The van der Waals surface area contributed by atoms with E-state index in [-0.39, 0.29) is 0 Å². The van der Waals surface area contributed by atoms with Gasteiger partial charge in [0.1, 0.15) is 5.54 Å². The molecule has 1 fully saturated rings. The maximum Gasteiger partial charge on any atom is 0.324 e. The zero-order valence-electron chi connectivity index (χ0n) is 12.3. The number of carboxylic acids is 1. The number of aryl methyl sites for hydroxylation is 1. The van der Waals surface area contributed by atoms with Crippen molar-refractivity contribution in [1.82, 2.24) is 9.80 Å². The van der Waals surface area contributed by atoms with Crippen LogP contribution in [0.2, 0.25) is 0 Å². The van der Waals surface area contributed by atoms with Crippen LogP contribution in [0, 0.1) is 0 Å². The molecule has 0 amide bonds. The van der Waals surface area contributed by atoms with Crippen molar-refractivity contribution in [3.63, 3.8) is 0 Å². The maximum atomic E-state index is 12.1. The number of aliphatic carboxylic acids is 1. The quantitative estimate of drug-likeness (QED) is 0.884. The van der Waals surface area contributed by atoms with E-state index in [4.69, 9.17) is 0 Å². The Bertz CT molecular complexity index is 555. The van der Waals surface area contributed by atoms with Gasteiger partial charge in [-0.1, -0.05) is 22.0 Å². The lowest BCUT2D eigenvalue weighted by Gasteiger charge is -2.46. The largest absolute Gasteiger partial charge is 0.480 e. The van der Waals surface area contributed by atoms with Gasteiger partial charge in [0.05, 0.1) is 0 Å². The highest BCUT2D eigenvalue weighted by atomic mass is 79.9. The number of benzene rings is 1. The Morgan fingerprint density at radius 3 is 2.62 bits per heavy atom. The zero-order valence-corrected chi connectivity index (χ0v) is 13.9. The highest BCUT2D eigenvalue weighted by Gasteiger charge is 2.46. The molecule has 4 nitrogen and oxygen atoms in total. The Labute approximate surface area is 133 Å². The number of carbonyl (C=O) groups is 1. The Morgan fingerprint density at radius 2 is 1.95 bits per heavy atom. The summed E-state index contributed by atoms with van der Waals surface area (Å²) in [5.41, 5.74) is 1.75. The minimum absolute atomic E-state index is 0.620. The minimum atomic E-state index is -0.720. The van der Waals surface area contributed by atoms with Crippen LogP contribution in [0.1, 0.15) is 17.5 Å². The third kappa shape index (κ3) is 2.74. The molecule has 1 aliphatic carbocycles. The van der Waals surface area contributed by atoms with E-state index in [0.717, 1.165) is 37.1 Å². The van der Waals surface area contributed by atoms with Crippen molar-refractivity contribution in [3.8, 4) is 0 Å². The second-order valence-corrected chi connectivity index (χ2v) is 7.13. The molecule has 1 atom stereocenters. The fourth-order valence-corrected chi connectivity index (χ4v) is 3.98. The highest BCUT2D eigenvalue weighted by Crippen LogP contribution is 2.35. The van der Waals surface area contributed by atoms with Gasteiger partial charge in [-0.15, -0.1) is 0 Å². The molecule has 1 aromatic rings. The number of likely N-dealkylation sites (N-methyl/N-ethyl adjacent to an activating group) is 1. The summed E-state index contributed by atoms with van der Waals surface area (Å²) in [6, 6.07) is 6.22. The number of hydrogen-bond donors (Lipinski definition) is 1. The molecule has 5 heteroatoms. The molecular formula is C16H21BrN2O2. The van der Waals surface area contributed by atoms with Crippen LogP contribution in [0.4, 0.5) is 0 Å². The molecular weight excluding hydrogens is 332 g/mol. The summed E-state index contributed by atoms with van der Waals surface area (Å²) in [6.07, 6.45) is 2.16. The van der Waals surface area contributed by atoms with Crippen molar-refractivity contribution in [2.45, 2.75) is 24.8 Å². The van der Waals surface area contributed by atoms with E-state index in [9.17, 15) is 9.90 Å². The van der Waals surface area contributed by atoms with E-state index in [2.05, 4.69) is 44.9 Å². The van der Waals surface area contributed by atoms with Crippen LogP contribution in [0.15, 0.2) is 22.7 Å². The first kappa shape index (κ1) is 15.0. The Morgan fingerprint density at radius 1 is 1.24 bits per heavy atom. The number of nitrogens with zero attached hydrogens (tertiary/aromatic N) is 2. The fraction of sp³-hybridized carbons (Fsp3) is 0.562. The van der Waals surface area contributed by atoms with Crippen LogP contribution in [-0.4, -0.2) is 59.6 Å². The smallest absolute Gasteiger partial charge is 0.324 e. The summed E-state index contributed by atoms with van der Waals surface area (Å²) in [6.45, 7) is 3.58. The lowest BCUT2D eigenvalue weighted by Crippen LogP contribution is -2.62. The molecule has 0 radical (unpaired) electrons. The summed E-state index contributed by atoms with van der Waals surface area (Å²) in [4.78, 5) is 16.5. The number of halogens is 1. The lowest BCUT2D eigenvalue weighted by molar-refractivity contribution is -0.154. The van der Waals surface area contributed by atoms with Gasteiger partial charge in [0.2, 0.25) is 0 Å². The third-order valence-corrected chi connectivity index (χ3v) is 5.46. The average Bonchev–Trinajstić information content (AvgIpc) is 2.47. The Hall–Kier alpha value is -0.910. The van der Waals surface area contributed by atoms with Gasteiger partial charge in [0, 0.05) is 37.1 Å². The Kier molecular flexibility index (Phi) is 4.08. The highest BCUT2D eigenvalue weighted by molar-refractivity contribution is 9.10. The van der Waals surface area contributed by atoms with Crippen LogP contribution in [-0.2, 0) is 17.6 Å². The molecule has 1 saturated heterocycles. The normalized spacial score (nSPS) is 27.3. The number of carboxylic acid groups (broad SMARTS) is 1. The molecule has 0 spiro atoms. The third-order valence-electron chi connectivity index (χ3n) is 4.97. The first-order valence-electron chi connectivity index (χ1n) is 7.45. The average molecular weight is 353 g/mol. The monoisotopic (exact) mass is 352 g/mol. The van der Waals surface area contributed by atoms with E-state index < -0.39 is 11.5 Å². The molecule has 114 valence electrons. The van der Waals surface area contributed by atoms with Gasteiger partial charge < -0.3 is 10.0 Å². The molecule has 3 rings (SSSR count). The van der Waals surface area contributed by atoms with Crippen molar-refractivity contribution in [3.05, 3.63) is 33.8 Å². The molecule has 21 heavy (non-hydrogen) atoms. The van der Waals surface area contributed by atoms with Crippen LogP contribution in [0.5, 0.6) is 0 Å². The number of rotatable bonds is 2. The second-order valence-electron chi connectivity index (χ2n) is 6.22. The van der Waals surface area contributed by atoms with Gasteiger partial charge in [0.15, 0.2) is 0 Å². The SMILES string of the molecule is CN1CCN(C2(C(=O)O)CCc3cc(Br)ccc3C2)CC1. The van der Waals surface area contributed by atoms with Gasteiger partial charge in [-0.2, -0.15) is 0 Å². The molecule has 1 heterocycles. The fourth-order valence-electron chi connectivity index (χ4n) is 3.57. The van der Waals surface area contributed by atoms with Crippen molar-refractivity contribution in [2.24, 2.45) is 0 Å². The van der Waals surface area contributed by atoms with E-state index >= 15 is 0 Å². The van der Waals surface area contributed by atoms with Crippen molar-refractivity contribution < 1.29 is 9.90 Å². The molecule has 0 aromatic heterocycles. The van der Waals surface area contributed by atoms with Crippen LogP contribution in [0.25, 0.3) is 0 Å². The summed E-state index contributed by atoms with van der Waals surface area (Å²) >= 11 is 3.50. The van der Waals surface area contributed by atoms with Gasteiger partial charge >= 0.3 is 5.97 Å². The van der Waals surface area contributed by atoms with Gasteiger partial charge in [0.25, 0.3) is 0 Å². The molecule has 2 aliphatic rings. The maximum absolute atomic E-state index is 12.1. The lowest BCUT2D eigenvalue weighted by atomic mass is 9.76. The predicted molar refractivity (Wildman–Crippen MR) is 85.6 cm³/mol. The van der Waals surface area contributed by atoms with E-state index in [1.54, 1.807) is 0 Å². The molecule has 1 unspecified atom stereocenters. The van der Waals surface area contributed by atoms with Crippen molar-refractivity contribution in [2.75, 3.05) is 33.2 Å². The van der Waals surface area contributed by atoms with Crippen LogP contribution < -0.4 is 0 Å². The first-order chi connectivity index (χ1) is 10.0. The van der Waals surface area contributed by atoms with E-state index in [1.807, 2.05) is 6.07 Å². The summed E-state index contributed by atoms with van der Waals surface area (Å²) in [5, 5.41) is 9.92. The van der Waals surface area contributed by atoms with Gasteiger partial charge in [-0.05, 0) is 43.1 Å². The summed E-state index contributed by atoms with van der Waals surface area (Å²) in [5.74, 6) is -0.666. The number of hydrogen-bond acceptors (Lipinski definition) is 3. The molecule has 1 aromatic carbocycles. The predicted octanol–water partition coefficient (Wildman–Crippen LogP) is 2.01. The summed E-state index contributed by atoms with van der Waals surface area (Å²) < 4.78 is 1.07. The van der Waals surface area contributed by atoms with E-state index in [1.165, 1.54) is 11.1 Å². The van der Waals surface area contributed by atoms with Gasteiger partial charge in [-0.3, -0.25) is 9.69 Å². The minimum Gasteiger partial charge on any atom is -0.480 e. The topological polar surface area (TPSA) is 43.8 Å². The molecule has 1 aliphatic heterocycles. The molecule has 0 bridgehead atoms. The van der Waals surface area contributed by atoms with Gasteiger partial charge in [-0.25, -0.2) is 0 Å². The second kappa shape index (κ2) is 5.71. The van der Waals surface area contributed by atoms with Crippen LogP contribution >= 0.6 is 15.9 Å². The van der Waals surface area contributed by atoms with Crippen molar-refractivity contribution in [1.29, 1.82) is 0 Å².